The molecule has 2 aromatic carbocycles. The Bertz CT molecular complexity index is 619. The maximum Gasteiger partial charge on any atom is 0.258 e. The number of amides is 1. The molecule has 0 fully saturated rings. The molecule has 0 aliphatic rings. The Morgan fingerprint density at radius 1 is 1.24 bits per heavy atom. The minimum absolute atomic E-state index is 0.0816. The summed E-state index contributed by atoms with van der Waals surface area (Å²) in [6.45, 7) is 0. The van der Waals surface area contributed by atoms with Crippen LogP contribution < -0.4 is 10.1 Å². The molecule has 1 amide bonds. The number of benzene rings is 2. The van der Waals surface area contributed by atoms with Crippen LogP contribution in [-0.4, -0.2) is 18.3 Å². The van der Waals surface area contributed by atoms with Gasteiger partial charge < -0.3 is 10.1 Å². The van der Waals surface area contributed by atoms with Crippen molar-refractivity contribution < 1.29 is 13.9 Å². The molecular weight excluding hydrogens is 337 g/mol. The molecule has 0 spiro atoms. The third-order valence-electron chi connectivity index (χ3n) is 3.08. The molecule has 21 heavy (non-hydrogen) atoms. The monoisotopic (exact) mass is 351 g/mol. The first-order valence-corrected chi connectivity index (χ1v) is 7.53. The number of hydrogen-bond donors (Lipinski definition) is 1. The molecule has 0 saturated heterocycles. The van der Waals surface area contributed by atoms with Gasteiger partial charge in [0.2, 0.25) is 0 Å². The van der Waals surface area contributed by atoms with Crippen molar-refractivity contribution in [2.24, 2.45) is 0 Å². The Hall–Kier alpha value is -1.88. The molecular formula is C16H15BrFNO2. The Balaban J connectivity index is 2.25. The SMILES string of the molecule is COc1cccc(F)c1C(=O)NC(CBr)c1ccccc1. The van der Waals surface area contributed by atoms with Gasteiger partial charge in [-0.1, -0.05) is 52.3 Å². The van der Waals surface area contributed by atoms with Gasteiger partial charge in [0.15, 0.2) is 0 Å². The second-order valence-electron chi connectivity index (χ2n) is 4.41. The van der Waals surface area contributed by atoms with Gasteiger partial charge in [0.1, 0.15) is 17.1 Å². The van der Waals surface area contributed by atoms with Crippen LogP contribution in [0, 0.1) is 5.82 Å². The van der Waals surface area contributed by atoms with Crippen LogP contribution in [0.15, 0.2) is 48.5 Å². The molecule has 1 unspecified atom stereocenters. The molecule has 2 rings (SSSR count). The van der Waals surface area contributed by atoms with Crippen molar-refractivity contribution in [2.75, 3.05) is 12.4 Å². The lowest BCUT2D eigenvalue weighted by Crippen LogP contribution is -2.30. The van der Waals surface area contributed by atoms with E-state index in [1.54, 1.807) is 6.07 Å². The molecule has 1 atom stereocenters. The van der Waals surface area contributed by atoms with Crippen LogP contribution in [0.1, 0.15) is 22.0 Å². The summed E-state index contributed by atoms with van der Waals surface area (Å²) >= 11 is 3.37. The molecule has 0 radical (unpaired) electrons. The number of carbonyl (C=O) groups is 1. The maximum absolute atomic E-state index is 13.9. The molecule has 5 heteroatoms. The Labute approximate surface area is 131 Å². The number of rotatable bonds is 5. The molecule has 3 nitrogen and oxygen atoms in total. The number of methoxy groups -OCH3 is 1. The van der Waals surface area contributed by atoms with E-state index >= 15 is 0 Å². The lowest BCUT2D eigenvalue weighted by molar-refractivity contribution is 0.0933. The van der Waals surface area contributed by atoms with Gasteiger partial charge in [-0.25, -0.2) is 4.39 Å². The van der Waals surface area contributed by atoms with Crippen LogP contribution >= 0.6 is 15.9 Å². The highest BCUT2D eigenvalue weighted by Gasteiger charge is 2.21. The number of ether oxygens (including phenoxy) is 1. The number of carbonyl (C=O) groups excluding carboxylic acids is 1. The quantitative estimate of drug-likeness (QED) is 0.834. The summed E-state index contributed by atoms with van der Waals surface area (Å²) in [6, 6.07) is 13.5. The Kier molecular flexibility index (Phi) is 5.33. The number of alkyl halides is 1. The van der Waals surface area contributed by atoms with E-state index in [0.29, 0.717) is 5.33 Å². The molecule has 0 aromatic heterocycles. The smallest absolute Gasteiger partial charge is 0.258 e. The predicted octanol–water partition coefficient (Wildman–Crippen LogP) is 3.70. The summed E-state index contributed by atoms with van der Waals surface area (Å²) in [5, 5.41) is 3.34. The van der Waals surface area contributed by atoms with E-state index in [2.05, 4.69) is 21.2 Å². The number of nitrogens with one attached hydrogen (secondary N) is 1. The summed E-state index contributed by atoms with van der Waals surface area (Å²) < 4.78 is 18.9. The summed E-state index contributed by atoms with van der Waals surface area (Å²) in [5.41, 5.74) is 0.861. The van der Waals surface area contributed by atoms with Crippen molar-refractivity contribution in [3.63, 3.8) is 0 Å². The average molecular weight is 352 g/mol. The van der Waals surface area contributed by atoms with Gasteiger partial charge in [-0.15, -0.1) is 0 Å². The van der Waals surface area contributed by atoms with E-state index in [-0.39, 0.29) is 17.4 Å². The standard InChI is InChI=1S/C16H15BrFNO2/c1-21-14-9-5-8-12(18)15(14)16(20)19-13(10-17)11-6-3-2-4-7-11/h2-9,13H,10H2,1H3,(H,19,20). The van der Waals surface area contributed by atoms with Crippen LogP contribution in [0.2, 0.25) is 0 Å². The first kappa shape index (κ1) is 15.5. The van der Waals surface area contributed by atoms with Crippen molar-refractivity contribution in [3.05, 3.63) is 65.5 Å². The minimum atomic E-state index is -0.603. The van der Waals surface area contributed by atoms with Crippen molar-refractivity contribution >= 4 is 21.8 Å². The van der Waals surface area contributed by atoms with Crippen molar-refractivity contribution in [1.29, 1.82) is 0 Å². The van der Waals surface area contributed by atoms with E-state index in [0.717, 1.165) is 5.56 Å². The van der Waals surface area contributed by atoms with E-state index in [1.165, 1.54) is 19.2 Å². The summed E-state index contributed by atoms with van der Waals surface area (Å²) in [7, 11) is 1.41. The van der Waals surface area contributed by atoms with E-state index in [9.17, 15) is 9.18 Å². The maximum atomic E-state index is 13.9. The van der Waals surface area contributed by atoms with Crippen LogP contribution in [0.3, 0.4) is 0 Å². The van der Waals surface area contributed by atoms with Crippen molar-refractivity contribution in [1.82, 2.24) is 5.32 Å². The second-order valence-corrected chi connectivity index (χ2v) is 5.06. The predicted molar refractivity (Wildman–Crippen MR) is 83.4 cm³/mol. The summed E-state index contributed by atoms with van der Waals surface area (Å²) in [6.07, 6.45) is 0. The highest BCUT2D eigenvalue weighted by atomic mass is 79.9. The first-order valence-electron chi connectivity index (χ1n) is 6.41. The minimum Gasteiger partial charge on any atom is -0.496 e. The lowest BCUT2D eigenvalue weighted by atomic mass is 10.1. The molecule has 0 heterocycles. The lowest BCUT2D eigenvalue weighted by Gasteiger charge is -2.18. The largest absolute Gasteiger partial charge is 0.496 e. The van der Waals surface area contributed by atoms with Gasteiger partial charge in [-0.2, -0.15) is 0 Å². The number of halogens is 2. The van der Waals surface area contributed by atoms with Crippen LogP contribution in [0.25, 0.3) is 0 Å². The highest BCUT2D eigenvalue weighted by Crippen LogP contribution is 2.23. The van der Waals surface area contributed by atoms with Crippen LogP contribution in [-0.2, 0) is 0 Å². The topological polar surface area (TPSA) is 38.3 Å². The van der Waals surface area contributed by atoms with Crippen molar-refractivity contribution in [3.8, 4) is 5.75 Å². The summed E-state index contributed by atoms with van der Waals surface area (Å²) in [5.74, 6) is -0.889. The van der Waals surface area contributed by atoms with E-state index in [1.807, 2.05) is 30.3 Å². The molecule has 0 aliphatic heterocycles. The average Bonchev–Trinajstić information content (AvgIpc) is 2.52. The Morgan fingerprint density at radius 3 is 2.57 bits per heavy atom. The van der Waals surface area contributed by atoms with E-state index in [4.69, 9.17) is 4.74 Å². The van der Waals surface area contributed by atoms with Gasteiger partial charge >= 0.3 is 0 Å². The zero-order chi connectivity index (χ0) is 15.2. The molecule has 0 aliphatic carbocycles. The first-order chi connectivity index (χ1) is 10.2. The van der Waals surface area contributed by atoms with Crippen molar-refractivity contribution in [2.45, 2.75) is 6.04 Å². The molecule has 110 valence electrons. The van der Waals surface area contributed by atoms with Gasteiger partial charge in [-0.05, 0) is 17.7 Å². The molecule has 2 aromatic rings. The molecule has 1 N–H and O–H groups in total. The van der Waals surface area contributed by atoms with Gasteiger partial charge in [0.25, 0.3) is 5.91 Å². The van der Waals surface area contributed by atoms with Gasteiger partial charge in [-0.3, -0.25) is 4.79 Å². The zero-order valence-corrected chi connectivity index (χ0v) is 13.1. The fraction of sp³-hybridized carbons (Fsp3) is 0.188. The fourth-order valence-corrected chi connectivity index (χ4v) is 2.56. The van der Waals surface area contributed by atoms with Crippen LogP contribution in [0.4, 0.5) is 4.39 Å². The zero-order valence-electron chi connectivity index (χ0n) is 11.5. The fourth-order valence-electron chi connectivity index (χ4n) is 2.02. The summed E-state index contributed by atoms with van der Waals surface area (Å²) in [4.78, 5) is 12.3. The Morgan fingerprint density at radius 2 is 1.95 bits per heavy atom. The van der Waals surface area contributed by atoms with Crippen LogP contribution in [0.5, 0.6) is 5.75 Å². The highest BCUT2D eigenvalue weighted by molar-refractivity contribution is 9.09. The molecule has 0 saturated carbocycles. The van der Waals surface area contributed by atoms with Gasteiger partial charge in [0.05, 0.1) is 13.2 Å². The van der Waals surface area contributed by atoms with Gasteiger partial charge in [0, 0.05) is 5.33 Å². The third kappa shape index (κ3) is 3.61. The van der Waals surface area contributed by atoms with E-state index < -0.39 is 11.7 Å². The third-order valence-corrected chi connectivity index (χ3v) is 3.73. The second kappa shape index (κ2) is 7.22. The number of hydrogen-bond acceptors (Lipinski definition) is 2. The normalized spacial score (nSPS) is 11.8. The molecule has 0 bridgehead atoms.